The van der Waals surface area contributed by atoms with Gasteiger partial charge in [0.05, 0.1) is 12.6 Å². The standard InChI is InChI=1S/C19H16FNO4/c1-3-21-10-15(19(23)24)18(22)14-8-16(20)13(9-17(14)21)11-4-6-12(25-2)7-5-11/h4-10H,3H2,1-2H3,(H,23,24). The number of ether oxygens (including phenoxy) is 1. The Morgan fingerprint density at radius 2 is 1.92 bits per heavy atom. The molecule has 0 unspecified atom stereocenters. The molecule has 1 N–H and O–H groups in total. The number of hydrogen-bond donors (Lipinski definition) is 1. The van der Waals surface area contributed by atoms with Gasteiger partial charge in [-0.1, -0.05) is 12.1 Å². The number of benzene rings is 2. The third-order valence-electron chi connectivity index (χ3n) is 4.14. The number of aromatic carboxylic acids is 1. The van der Waals surface area contributed by atoms with Crippen molar-refractivity contribution in [3.63, 3.8) is 0 Å². The fraction of sp³-hybridized carbons (Fsp3) is 0.158. The topological polar surface area (TPSA) is 68.5 Å². The Balaban J connectivity index is 2.29. The second-order valence-corrected chi connectivity index (χ2v) is 5.54. The van der Waals surface area contributed by atoms with Gasteiger partial charge in [-0.2, -0.15) is 0 Å². The highest BCUT2D eigenvalue weighted by Gasteiger charge is 2.17. The highest BCUT2D eigenvalue weighted by molar-refractivity contribution is 5.94. The third-order valence-corrected chi connectivity index (χ3v) is 4.14. The summed E-state index contributed by atoms with van der Waals surface area (Å²) in [6.07, 6.45) is 1.29. The van der Waals surface area contributed by atoms with E-state index < -0.39 is 17.2 Å². The van der Waals surface area contributed by atoms with Gasteiger partial charge < -0.3 is 14.4 Å². The molecular weight excluding hydrogens is 325 g/mol. The van der Waals surface area contributed by atoms with Crippen LogP contribution >= 0.6 is 0 Å². The van der Waals surface area contributed by atoms with E-state index >= 15 is 0 Å². The van der Waals surface area contributed by atoms with Crippen LogP contribution in [0.15, 0.2) is 47.4 Å². The van der Waals surface area contributed by atoms with E-state index in [9.17, 15) is 19.1 Å². The summed E-state index contributed by atoms with van der Waals surface area (Å²) in [7, 11) is 1.55. The second-order valence-electron chi connectivity index (χ2n) is 5.54. The Hall–Kier alpha value is -3.15. The summed E-state index contributed by atoms with van der Waals surface area (Å²) < 4.78 is 21.3. The minimum atomic E-state index is -1.33. The first kappa shape index (κ1) is 16.7. The summed E-state index contributed by atoms with van der Waals surface area (Å²) in [6.45, 7) is 2.27. The van der Waals surface area contributed by atoms with Gasteiger partial charge in [0.2, 0.25) is 5.43 Å². The first-order valence-electron chi connectivity index (χ1n) is 7.70. The molecule has 0 bridgehead atoms. The van der Waals surface area contributed by atoms with Gasteiger partial charge in [0.15, 0.2) is 0 Å². The summed E-state index contributed by atoms with van der Waals surface area (Å²) in [4.78, 5) is 23.6. The number of carbonyl (C=O) groups is 1. The van der Waals surface area contributed by atoms with Crippen molar-refractivity contribution in [2.45, 2.75) is 13.5 Å². The number of hydrogen-bond acceptors (Lipinski definition) is 3. The molecular formula is C19H16FNO4. The molecule has 0 aliphatic carbocycles. The van der Waals surface area contributed by atoms with Crippen LogP contribution in [-0.2, 0) is 6.54 Å². The summed E-state index contributed by atoms with van der Waals surface area (Å²) in [6, 6.07) is 9.57. The van der Waals surface area contributed by atoms with Crippen molar-refractivity contribution in [3.8, 4) is 16.9 Å². The number of aryl methyl sites for hydroxylation is 1. The Kier molecular flexibility index (Phi) is 4.27. The smallest absolute Gasteiger partial charge is 0.341 e. The predicted molar refractivity (Wildman–Crippen MR) is 92.8 cm³/mol. The van der Waals surface area contributed by atoms with Crippen LogP contribution in [0.3, 0.4) is 0 Å². The summed E-state index contributed by atoms with van der Waals surface area (Å²) >= 11 is 0. The van der Waals surface area contributed by atoms with E-state index in [4.69, 9.17) is 4.74 Å². The number of nitrogens with zero attached hydrogens (tertiary/aromatic N) is 1. The molecule has 0 saturated heterocycles. The van der Waals surface area contributed by atoms with Gasteiger partial charge in [0.1, 0.15) is 17.1 Å². The lowest BCUT2D eigenvalue weighted by Gasteiger charge is -2.13. The zero-order valence-electron chi connectivity index (χ0n) is 13.7. The number of methoxy groups -OCH3 is 1. The molecule has 2 aromatic carbocycles. The van der Waals surface area contributed by atoms with Crippen molar-refractivity contribution in [1.82, 2.24) is 4.57 Å². The number of carboxylic acids is 1. The summed E-state index contributed by atoms with van der Waals surface area (Å²) in [5.41, 5.74) is 0.403. The van der Waals surface area contributed by atoms with Gasteiger partial charge >= 0.3 is 5.97 Å². The van der Waals surface area contributed by atoms with E-state index in [-0.39, 0.29) is 10.9 Å². The van der Waals surface area contributed by atoms with Gasteiger partial charge in [0.25, 0.3) is 0 Å². The molecule has 6 heteroatoms. The minimum Gasteiger partial charge on any atom is -0.497 e. The van der Waals surface area contributed by atoms with Crippen molar-refractivity contribution in [2.24, 2.45) is 0 Å². The molecule has 1 aromatic heterocycles. The number of carboxylic acid groups (broad SMARTS) is 1. The molecule has 1 heterocycles. The van der Waals surface area contributed by atoms with Gasteiger partial charge in [-0.15, -0.1) is 0 Å². The molecule has 25 heavy (non-hydrogen) atoms. The zero-order valence-corrected chi connectivity index (χ0v) is 13.7. The van der Waals surface area contributed by atoms with Crippen molar-refractivity contribution in [1.29, 1.82) is 0 Å². The maximum absolute atomic E-state index is 14.6. The highest BCUT2D eigenvalue weighted by atomic mass is 19.1. The SMILES string of the molecule is CCn1cc(C(=O)O)c(=O)c2cc(F)c(-c3ccc(OC)cc3)cc21. The monoisotopic (exact) mass is 341 g/mol. The van der Waals surface area contributed by atoms with E-state index in [1.165, 1.54) is 6.20 Å². The van der Waals surface area contributed by atoms with Gasteiger partial charge in [-0.05, 0) is 36.8 Å². The molecule has 0 atom stereocenters. The first-order chi connectivity index (χ1) is 12.0. The first-order valence-corrected chi connectivity index (χ1v) is 7.70. The minimum absolute atomic E-state index is 0.0523. The van der Waals surface area contributed by atoms with Crippen molar-refractivity contribution in [2.75, 3.05) is 7.11 Å². The zero-order chi connectivity index (χ0) is 18.1. The molecule has 0 aliphatic rings. The molecule has 0 amide bonds. The third kappa shape index (κ3) is 2.87. The van der Waals surface area contributed by atoms with Crippen molar-refractivity contribution in [3.05, 3.63) is 64.2 Å². The fourth-order valence-corrected chi connectivity index (χ4v) is 2.82. The molecule has 5 nitrogen and oxygen atoms in total. The lowest BCUT2D eigenvalue weighted by molar-refractivity contribution is 0.0695. The lowest BCUT2D eigenvalue weighted by atomic mass is 10.0. The average Bonchev–Trinajstić information content (AvgIpc) is 2.62. The Morgan fingerprint density at radius 3 is 2.48 bits per heavy atom. The summed E-state index contributed by atoms with van der Waals surface area (Å²) in [5, 5.41) is 9.23. The highest BCUT2D eigenvalue weighted by Crippen LogP contribution is 2.28. The molecule has 3 rings (SSSR count). The summed E-state index contributed by atoms with van der Waals surface area (Å²) in [5.74, 6) is -1.25. The average molecular weight is 341 g/mol. The number of halogens is 1. The Morgan fingerprint density at radius 1 is 1.24 bits per heavy atom. The maximum atomic E-state index is 14.6. The van der Waals surface area contributed by atoms with Crippen LogP contribution in [0, 0.1) is 5.82 Å². The predicted octanol–water partition coefficient (Wildman–Crippen LogP) is 3.53. The van der Waals surface area contributed by atoms with Crippen LogP contribution in [0.1, 0.15) is 17.3 Å². The number of fused-ring (bicyclic) bond motifs is 1. The van der Waals surface area contributed by atoms with E-state index in [2.05, 4.69) is 0 Å². The largest absolute Gasteiger partial charge is 0.497 e. The normalized spacial score (nSPS) is 10.8. The molecule has 0 saturated carbocycles. The molecule has 128 valence electrons. The molecule has 3 aromatic rings. The van der Waals surface area contributed by atoms with E-state index in [0.29, 0.717) is 28.9 Å². The van der Waals surface area contributed by atoms with E-state index in [0.717, 1.165) is 6.07 Å². The molecule has 0 radical (unpaired) electrons. The number of rotatable bonds is 4. The van der Waals surface area contributed by atoms with Gasteiger partial charge in [-0.3, -0.25) is 4.79 Å². The van der Waals surface area contributed by atoms with Crippen LogP contribution in [-0.4, -0.2) is 22.8 Å². The van der Waals surface area contributed by atoms with Crippen molar-refractivity contribution < 1.29 is 19.0 Å². The van der Waals surface area contributed by atoms with E-state index in [1.54, 1.807) is 42.0 Å². The Bertz CT molecular complexity index is 1020. The quantitative estimate of drug-likeness (QED) is 0.788. The van der Waals surface area contributed by atoms with Gasteiger partial charge in [0, 0.05) is 23.7 Å². The fourth-order valence-electron chi connectivity index (χ4n) is 2.82. The van der Waals surface area contributed by atoms with Crippen LogP contribution in [0.2, 0.25) is 0 Å². The van der Waals surface area contributed by atoms with Crippen LogP contribution in [0.5, 0.6) is 5.75 Å². The lowest BCUT2D eigenvalue weighted by Crippen LogP contribution is -2.19. The van der Waals surface area contributed by atoms with E-state index in [1.807, 2.05) is 6.92 Å². The molecule has 0 aliphatic heterocycles. The maximum Gasteiger partial charge on any atom is 0.341 e. The van der Waals surface area contributed by atoms with Crippen LogP contribution in [0.4, 0.5) is 4.39 Å². The van der Waals surface area contributed by atoms with Crippen molar-refractivity contribution >= 4 is 16.9 Å². The number of aromatic nitrogens is 1. The number of pyridine rings is 1. The van der Waals surface area contributed by atoms with Crippen LogP contribution in [0.25, 0.3) is 22.0 Å². The Labute approximate surface area is 142 Å². The van der Waals surface area contributed by atoms with Gasteiger partial charge in [-0.25, -0.2) is 9.18 Å². The molecule has 0 spiro atoms. The molecule has 0 fully saturated rings. The second kappa shape index (κ2) is 6.39. The van der Waals surface area contributed by atoms with Crippen LogP contribution < -0.4 is 10.2 Å².